The number of benzene rings is 2. The number of ether oxygens (including phenoxy) is 1. The fourth-order valence-electron chi connectivity index (χ4n) is 2.76. The summed E-state index contributed by atoms with van der Waals surface area (Å²) < 4.78 is 7.19. The van der Waals surface area contributed by atoms with E-state index in [0.29, 0.717) is 16.9 Å². The number of aromatic nitrogens is 1. The second kappa shape index (κ2) is 7.15. The van der Waals surface area contributed by atoms with Gasteiger partial charge in [-0.3, -0.25) is 10.1 Å². The summed E-state index contributed by atoms with van der Waals surface area (Å²) in [6, 6.07) is 14.5. The van der Waals surface area contributed by atoms with Crippen molar-refractivity contribution in [1.82, 2.24) is 4.57 Å². The Labute approximate surface area is 158 Å². The van der Waals surface area contributed by atoms with E-state index in [-0.39, 0.29) is 5.91 Å². The lowest BCUT2D eigenvalue weighted by Crippen LogP contribution is -2.27. The van der Waals surface area contributed by atoms with Crippen LogP contribution in [0.5, 0.6) is 0 Å². The molecule has 0 aliphatic carbocycles. The summed E-state index contributed by atoms with van der Waals surface area (Å²) in [7, 11) is 1.94. The van der Waals surface area contributed by atoms with Crippen LogP contribution in [-0.2, 0) is 11.8 Å². The van der Waals surface area contributed by atoms with Gasteiger partial charge in [-0.1, -0.05) is 6.07 Å². The lowest BCUT2D eigenvalue weighted by molar-refractivity contribution is 0.0635. The molecule has 2 N–H and O–H groups in total. The molecular weight excluding hydrogens is 342 g/mol. The van der Waals surface area contributed by atoms with Crippen LogP contribution in [0.15, 0.2) is 54.7 Å². The molecule has 1 heterocycles. The van der Waals surface area contributed by atoms with Crippen molar-refractivity contribution in [3.63, 3.8) is 0 Å². The highest BCUT2D eigenvalue weighted by Crippen LogP contribution is 2.21. The van der Waals surface area contributed by atoms with Crippen LogP contribution in [0.4, 0.5) is 16.2 Å². The van der Waals surface area contributed by atoms with E-state index >= 15 is 0 Å². The van der Waals surface area contributed by atoms with E-state index in [1.807, 2.05) is 36.0 Å². The fourth-order valence-corrected chi connectivity index (χ4v) is 2.76. The van der Waals surface area contributed by atoms with Crippen molar-refractivity contribution in [2.45, 2.75) is 26.4 Å². The zero-order valence-corrected chi connectivity index (χ0v) is 15.9. The molecule has 140 valence electrons. The van der Waals surface area contributed by atoms with E-state index in [0.717, 1.165) is 10.9 Å². The van der Waals surface area contributed by atoms with Crippen molar-refractivity contribution in [1.29, 1.82) is 0 Å². The number of aryl methyl sites for hydroxylation is 1. The Morgan fingerprint density at radius 3 is 2.19 bits per heavy atom. The SMILES string of the molecule is Cn1ccc2c(C(=O)Nc3ccc(NC(=O)OC(C)(C)C)cc3)cccc21. The molecule has 6 nitrogen and oxygen atoms in total. The molecule has 3 aromatic rings. The van der Waals surface area contributed by atoms with Crippen LogP contribution in [0.3, 0.4) is 0 Å². The summed E-state index contributed by atoms with van der Waals surface area (Å²) in [5.74, 6) is -0.181. The summed E-state index contributed by atoms with van der Waals surface area (Å²) in [6.45, 7) is 5.41. The molecule has 6 heteroatoms. The Balaban J connectivity index is 1.69. The number of fused-ring (bicyclic) bond motifs is 1. The molecule has 2 amide bonds. The molecular formula is C21H23N3O3. The lowest BCUT2D eigenvalue weighted by atomic mass is 10.1. The van der Waals surface area contributed by atoms with Gasteiger partial charge in [0.2, 0.25) is 0 Å². The van der Waals surface area contributed by atoms with Crippen LogP contribution in [-0.4, -0.2) is 22.2 Å². The van der Waals surface area contributed by atoms with Crippen molar-refractivity contribution in [3.05, 3.63) is 60.3 Å². The van der Waals surface area contributed by atoms with Gasteiger partial charge < -0.3 is 14.6 Å². The van der Waals surface area contributed by atoms with Crippen molar-refractivity contribution in [2.24, 2.45) is 7.05 Å². The second-order valence-electron chi connectivity index (χ2n) is 7.32. The molecule has 0 fully saturated rings. The number of carbonyl (C=O) groups is 2. The molecule has 2 aromatic carbocycles. The molecule has 0 bridgehead atoms. The van der Waals surface area contributed by atoms with Gasteiger partial charge in [0.05, 0.1) is 0 Å². The number of hydrogen-bond acceptors (Lipinski definition) is 3. The van der Waals surface area contributed by atoms with Crippen LogP contribution in [0, 0.1) is 0 Å². The predicted molar refractivity (Wildman–Crippen MR) is 107 cm³/mol. The first-order valence-corrected chi connectivity index (χ1v) is 8.68. The minimum Gasteiger partial charge on any atom is -0.444 e. The normalized spacial score (nSPS) is 11.3. The highest BCUT2D eigenvalue weighted by atomic mass is 16.6. The maximum atomic E-state index is 12.6. The van der Waals surface area contributed by atoms with Crippen LogP contribution in [0.1, 0.15) is 31.1 Å². The maximum absolute atomic E-state index is 12.6. The zero-order valence-electron chi connectivity index (χ0n) is 15.9. The number of amides is 2. The summed E-state index contributed by atoms with van der Waals surface area (Å²) >= 11 is 0. The number of anilines is 2. The fraction of sp³-hybridized carbons (Fsp3) is 0.238. The topological polar surface area (TPSA) is 72.4 Å². The summed E-state index contributed by atoms with van der Waals surface area (Å²) in [5.41, 5.74) is 2.29. The van der Waals surface area contributed by atoms with Crippen LogP contribution in [0.25, 0.3) is 10.9 Å². The molecule has 0 saturated heterocycles. The standard InChI is InChI=1S/C21H23N3O3/c1-21(2,3)27-20(26)23-15-10-8-14(9-11-15)22-19(25)17-6-5-7-18-16(17)12-13-24(18)4/h5-13H,1-4H3,(H,22,25)(H,23,26). The lowest BCUT2D eigenvalue weighted by Gasteiger charge is -2.19. The second-order valence-corrected chi connectivity index (χ2v) is 7.32. The predicted octanol–water partition coefficient (Wildman–Crippen LogP) is 4.78. The Kier molecular flexibility index (Phi) is 4.90. The first-order valence-electron chi connectivity index (χ1n) is 8.68. The first-order chi connectivity index (χ1) is 12.7. The third kappa shape index (κ3) is 4.47. The summed E-state index contributed by atoms with van der Waals surface area (Å²) in [5, 5.41) is 6.45. The number of nitrogens with one attached hydrogen (secondary N) is 2. The average Bonchev–Trinajstić information content (AvgIpc) is 2.96. The third-order valence-corrected chi connectivity index (χ3v) is 3.96. The van der Waals surface area contributed by atoms with Gasteiger partial charge in [-0.15, -0.1) is 0 Å². The summed E-state index contributed by atoms with van der Waals surface area (Å²) in [6.07, 6.45) is 1.41. The van der Waals surface area contributed by atoms with Gasteiger partial charge in [-0.05, 0) is 63.2 Å². The smallest absolute Gasteiger partial charge is 0.412 e. The molecule has 0 radical (unpaired) electrons. The summed E-state index contributed by atoms with van der Waals surface area (Å²) in [4.78, 5) is 24.4. The van der Waals surface area contributed by atoms with Crippen molar-refractivity contribution < 1.29 is 14.3 Å². The molecule has 0 atom stereocenters. The van der Waals surface area contributed by atoms with Gasteiger partial charge >= 0.3 is 6.09 Å². The Morgan fingerprint density at radius 2 is 1.56 bits per heavy atom. The van der Waals surface area contributed by atoms with Gasteiger partial charge in [0.15, 0.2) is 0 Å². The third-order valence-electron chi connectivity index (χ3n) is 3.96. The Bertz CT molecular complexity index is 982. The van der Waals surface area contributed by atoms with Gasteiger partial charge in [0.1, 0.15) is 5.60 Å². The average molecular weight is 365 g/mol. The van der Waals surface area contributed by atoms with Crippen LogP contribution >= 0.6 is 0 Å². The largest absolute Gasteiger partial charge is 0.444 e. The van der Waals surface area contributed by atoms with E-state index in [2.05, 4.69) is 10.6 Å². The van der Waals surface area contributed by atoms with Crippen LogP contribution < -0.4 is 10.6 Å². The van der Waals surface area contributed by atoms with Gasteiger partial charge in [-0.25, -0.2) is 4.79 Å². The van der Waals surface area contributed by atoms with Gasteiger partial charge in [-0.2, -0.15) is 0 Å². The van der Waals surface area contributed by atoms with Gasteiger partial charge in [0.25, 0.3) is 5.91 Å². The van der Waals surface area contributed by atoms with E-state index in [1.165, 1.54) is 0 Å². The van der Waals surface area contributed by atoms with Crippen molar-refractivity contribution >= 4 is 34.3 Å². The molecule has 3 rings (SSSR count). The van der Waals surface area contributed by atoms with Crippen molar-refractivity contribution in [3.8, 4) is 0 Å². The minimum atomic E-state index is -0.559. The molecule has 0 aliphatic rings. The zero-order chi connectivity index (χ0) is 19.6. The highest BCUT2D eigenvalue weighted by Gasteiger charge is 2.16. The molecule has 0 unspecified atom stereocenters. The minimum absolute atomic E-state index is 0.181. The van der Waals surface area contributed by atoms with Crippen LogP contribution in [0.2, 0.25) is 0 Å². The number of hydrogen-bond donors (Lipinski definition) is 2. The molecule has 0 saturated carbocycles. The van der Waals surface area contributed by atoms with Crippen molar-refractivity contribution in [2.75, 3.05) is 10.6 Å². The molecule has 1 aromatic heterocycles. The first kappa shape index (κ1) is 18.5. The van der Waals surface area contributed by atoms with E-state index in [4.69, 9.17) is 4.74 Å². The Morgan fingerprint density at radius 1 is 0.926 bits per heavy atom. The highest BCUT2D eigenvalue weighted by molar-refractivity contribution is 6.12. The van der Waals surface area contributed by atoms with E-state index in [9.17, 15) is 9.59 Å². The molecule has 27 heavy (non-hydrogen) atoms. The molecule has 0 aliphatic heterocycles. The number of nitrogens with zero attached hydrogens (tertiary/aromatic N) is 1. The molecule has 0 spiro atoms. The van der Waals surface area contributed by atoms with E-state index < -0.39 is 11.7 Å². The number of carbonyl (C=O) groups excluding carboxylic acids is 2. The number of rotatable bonds is 3. The maximum Gasteiger partial charge on any atom is 0.412 e. The quantitative estimate of drug-likeness (QED) is 0.702. The van der Waals surface area contributed by atoms with Gasteiger partial charge in [0, 0.05) is 41.1 Å². The van der Waals surface area contributed by atoms with E-state index in [1.54, 1.807) is 51.1 Å². The Hall–Kier alpha value is -3.28. The monoisotopic (exact) mass is 365 g/mol.